The van der Waals surface area contributed by atoms with E-state index in [9.17, 15) is 4.79 Å². The maximum atomic E-state index is 12.6. The molecule has 0 saturated carbocycles. The summed E-state index contributed by atoms with van der Waals surface area (Å²) in [5.41, 5.74) is 2.20. The molecule has 0 radical (unpaired) electrons. The van der Waals surface area contributed by atoms with Gasteiger partial charge in [-0.25, -0.2) is 4.79 Å². The molecule has 1 heterocycles. The van der Waals surface area contributed by atoms with Crippen LogP contribution in [0.3, 0.4) is 0 Å². The number of nitriles is 1. The zero-order valence-electron chi connectivity index (χ0n) is 13.5. The van der Waals surface area contributed by atoms with Crippen LogP contribution in [0.2, 0.25) is 0 Å². The van der Waals surface area contributed by atoms with Crippen molar-refractivity contribution in [3.8, 4) is 6.07 Å². The van der Waals surface area contributed by atoms with E-state index in [4.69, 9.17) is 10.00 Å². The first-order valence-electron chi connectivity index (χ1n) is 7.92. The van der Waals surface area contributed by atoms with Crippen LogP contribution in [0.4, 0.5) is 10.5 Å². The van der Waals surface area contributed by atoms with Crippen molar-refractivity contribution in [3.05, 3.63) is 65.7 Å². The Hall–Kier alpha value is -2.84. The fourth-order valence-corrected chi connectivity index (χ4v) is 2.84. The van der Waals surface area contributed by atoms with E-state index < -0.39 is 0 Å². The van der Waals surface area contributed by atoms with Crippen LogP contribution in [0, 0.1) is 11.3 Å². The third kappa shape index (κ3) is 3.73. The van der Waals surface area contributed by atoms with E-state index in [2.05, 4.69) is 11.4 Å². The van der Waals surface area contributed by atoms with Crippen molar-refractivity contribution in [3.63, 3.8) is 0 Å². The molecule has 1 aliphatic heterocycles. The Morgan fingerprint density at radius 3 is 2.75 bits per heavy atom. The third-order valence-corrected chi connectivity index (χ3v) is 3.96. The number of urea groups is 1. The maximum absolute atomic E-state index is 12.6. The van der Waals surface area contributed by atoms with Gasteiger partial charge in [-0.2, -0.15) is 5.26 Å². The number of anilines is 1. The number of carbonyl (C=O) groups excluding carboxylic acids is 1. The average molecular weight is 321 g/mol. The first-order chi connectivity index (χ1) is 11.7. The molecule has 0 aliphatic carbocycles. The first-order valence-corrected chi connectivity index (χ1v) is 7.92. The molecule has 1 saturated heterocycles. The Bertz CT molecular complexity index is 755. The predicted molar refractivity (Wildman–Crippen MR) is 91.5 cm³/mol. The molecular weight excluding hydrogens is 302 g/mol. The van der Waals surface area contributed by atoms with Gasteiger partial charge in [0.15, 0.2) is 0 Å². The molecule has 2 atom stereocenters. The van der Waals surface area contributed by atoms with Crippen LogP contribution in [-0.2, 0) is 4.74 Å². The van der Waals surface area contributed by atoms with Crippen LogP contribution < -0.4 is 5.32 Å². The third-order valence-electron chi connectivity index (χ3n) is 3.96. The molecule has 122 valence electrons. The molecule has 0 aromatic heterocycles. The molecule has 2 aromatic rings. The quantitative estimate of drug-likeness (QED) is 0.920. The maximum Gasteiger partial charge on any atom is 0.322 e. The lowest BCUT2D eigenvalue weighted by Crippen LogP contribution is -2.47. The summed E-state index contributed by atoms with van der Waals surface area (Å²) < 4.78 is 5.97. The van der Waals surface area contributed by atoms with Crippen LogP contribution in [0.1, 0.15) is 24.2 Å². The number of ether oxygens (including phenoxy) is 1. The number of hydrogen-bond donors (Lipinski definition) is 1. The fraction of sp³-hybridized carbons (Fsp3) is 0.263. The van der Waals surface area contributed by atoms with Gasteiger partial charge in [0.05, 0.1) is 24.3 Å². The predicted octanol–water partition coefficient (Wildman–Crippen LogP) is 3.55. The molecule has 2 amide bonds. The van der Waals surface area contributed by atoms with Gasteiger partial charge in [-0.3, -0.25) is 0 Å². The monoisotopic (exact) mass is 321 g/mol. The molecule has 5 heteroatoms. The van der Waals surface area contributed by atoms with Gasteiger partial charge in [0.2, 0.25) is 0 Å². The van der Waals surface area contributed by atoms with Crippen LogP contribution in [0.15, 0.2) is 54.6 Å². The highest BCUT2D eigenvalue weighted by molar-refractivity contribution is 5.89. The van der Waals surface area contributed by atoms with Gasteiger partial charge >= 0.3 is 6.03 Å². The van der Waals surface area contributed by atoms with Crippen molar-refractivity contribution in [2.24, 2.45) is 0 Å². The second kappa shape index (κ2) is 7.16. The normalized spacial score (nSPS) is 20.2. The number of benzene rings is 2. The van der Waals surface area contributed by atoms with E-state index in [1.807, 2.05) is 37.3 Å². The summed E-state index contributed by atoms with van der Waals surface area (Å²) in [6, 6.07) is 18.7. The number of carbonyl (C=O) groups is 1. The summed E-state index contributed by atoms with van der Waals surface area (Å²) in [5, 5.41) is 11.8. The van der Waals surface area contributed by atoms with Crippen molar-refractivity contribution in [2.75, 3.05) is 18.4 Å². The molecule has 0 bridgehead atoms. The second-order valence-corrected chi connectivity index (χ2v) is 5.87. The molecule has 1 aliphatic rings. The number of morpholine rings is 1. The highest BCUT2D eigenvalue weighted by Crippen LogP contribution is 2.25. The number of nitrogens with zero attached hydrogens (tertiary/aromatic N) is 2. The minimum Gasteiger partial charge on any atom is -0.367 e. The molecule has 5 nitrogen and oxygen atoms in total. The average Bonchev–Trinajstić information content (AvgIpc) is 2.62. The number of nitrogens with one attached hydrogen (secondary N) is 1. The summed E-state index contributed by atoms with van der Waals surface area (Å²) >= 11 is 0. The molecule has 3 rings (SSSR count). The minimum absolute atomic E-state index is 0.0415. The van der Waals surface area contributed by atoms with Gasteiger partial charge in [0.25, 0.3) is 0 Å². The summed E-state index contributed by atoms with van der Waals surface area (Å²) in [6.45, 7) is 3.00. The largest absolute Gasteiger partial charge is 0.367 e. The number of rotatable bonds is 2. The Balaban J connectivity index is 1.71. The second-order valence-electron chi connectivity index (χ2n) is 5.87. The Labute approximate surface area is 141 Å². The summed E-state index contributed by atoms with van der Waals surface area (Å²) in [5.74, 6) is 0. The van der Waals surface area contributed by atoms with Crippen molar-refractivity contribution in [1.82, 2.24) is 4.90 Å². The van der Waals surface area contributed by atoms with Crippen molar-refractivity contribution in [2.45, 2.75) is 19.1 Å². The molecule has 1 fully saturated rings. The molecule has 0 spiro atoms. The Kier molecular flexibility index (Phi) is 4.78. The smallest absolute Gasteiger partial charge is 0.322 e. The van der Waals surface area contributed by atoms with Gasteiger partial charge in [-0.05, 0) is 30.7 Å². The van der Waals surface area contributed by atoms with E-state index in [0.717, 1.165) is 5.56 Å². The van der Waals surface area contributed by atoms with E-state index in [0.29, 0.717) is 24.3 Å². The summed E-state index contributed by atoms with van der Waals surface area (Å²) in [6.07, 6.45) is -0.175. The lowest BCUT2D eigenvalue weighted by Gasteiger charge is -2.37. The highest BCUT2D eigenvalue weighted by Gasteiger charge is 2.29. The van der Waals surface area contributed by atoms with Gasteiger partial charge in [-0.1, -0.05) is 36.4 Å². The lowest BCUT2D eigenvalue weighted by atomic mass is 10.1. The van der Waals surface area contributed by atoms with Gasteiger partial charge in [0.1, 0.15) is 6.10 Å². The van der Waals surface area contributed by atoms with Gasteiger partial charge in [0, 0.05) is 12.2 Å². The minimum atomic E-state index is -0.179. The Morgan fingerprint density at radius 2 is 2.00 bits per heavy atom. The van der Waals surface area contributed by atoms with Gasteiger partial charge < -0.3 is 15.0 Å². The summed E-state index contributed by atoms with van der Waals surface area (Å²) in [4.78, 5) is 14.3. The first kappa shape index (κ1) is 16.0. The molecule has 24 heavy (non-hydrogen) atoms. The van der Waals surface area contributed by atoms with Crippen LogP contribution in [-0.4, -0.2) is 30.1 Å². The zero-order valence-corrected chi connectivity index (χ0v) is 13.5. The molecule has 1 N–H and O–H groups in total. The summed E-state index contributed by atoms with van der Waals surface area (Å²) in [7, 11) is 0. The standard InChI is InChI=1S/C19H19N3O2/c1-14-12-22(13-18(24-14)16-7-3-2-4-8-16)19(23)21-17-9-5-6-15(10-17)11-20/h2-10,14,18H,12-13H2,1H3,(H,21,23)/t14-,18-/m0/s1. The van der Waals surface area contributed by atoms with Crippen molar-refractivity contribution >= 4 is 11.7 Å². The molecular formula is C19H19N3O2. The molecule has 0 unspecified atom stereocenters. The van der Waals surface area contributed by atoms with E-state index in [-0.39, 0.29) is 18.2 Å². The SMILES string of the molecule is C[C@H]1CN(C(=O)Nc2cccc(C#N)c2)C[C@@H](c2ccccc2)O1. The lowest BCUT2D eigenvalue weighted by molar-refractivity contribution is -0.0642. The number of amides is 2. The van der Waals surface area contributed by atoms with E-state index >= 15 is 0 Å². The highest BCUT2D eigenvalue weighted by atomic mass is 16.5. The topological polar surface area (TPSA) is 65.4 Å². The van der Waals surface area contributed by atoms with Crippen molar-refractivity contribution < 1.29 is 9.53 Å². The number of hydrogen-bond acceptors (Lipinski definition) is 3. The zero-order chi connectivity index (χ0) is 16.9. The van der Waals surface area contributed by atoms with Crippen molar-refractivity contribution in [1.29, 1.82) is 5.26 Å². The van der Waals surface area contributed by atoms with E-state index in [1.54, 1.807) is 29.2 Å². The van der Waals surface area contributed by atoms with E-state index in [1.165, 1.54) is 0 Å². The molecule has 2 aromatic carbocycles. The Morgan fingerprint density at radius 1 is 1.21 bits per heavy atom. The van der Waals surface area contributed by atoms with Crippen LogP contribution in [0.5, 0.6) is 0 Å². The van der Waals surface area contributed by atoms with Gasteiger partial charge in [-0.15, -0.1) is 0 Å². The van der Waals surface area contributed by atoms with Crippen LogP contribution in [0.25, 0.3) is 0 Å². The van der Waals surface area contributed by atoms with Crippen LogP contribution >= 0.6 is 0 Å². The fourth-order valence-electron chi connectivity index (χ4n) is 2.84.